The Labute approximate surface area is 140 Å². The fourth-order valence-corrected chi connectivity index (χ4v) is 3.46. The molecule has 2 nitrogen and oxygen atoms in total. The summed E-state index contributed by atoms with van der Waals surface area (Å²) in [5, 5.41) is 6.20. The number of hydrogen-bond acceptors (Lipinski definition) is 1. The maximum atomic E-state index is 12.4. The monoisotopic (exact) mass is 321 g/mol. The molecule has 0 unspecified atom stereocenters. The number of halogens is 1. The van der Waals surface area contributed by atoms with Crippen molar-refractivity contribution in [3.63, 3.8) is 0 Å². The van der Waals surface area contributed by atoms with Gasteiger partial charge < -0.3 is 5.32 Å². The zero-order valence-electron chi connectivity index (χ0n) is 12.6. The largest absolute Gasteiger partial charge is 0.325 e. The normalized spacial score (nSPS) is 12.6. The third kappa shape index (κ3) is 2.71. The van der Waals surface area contributed by atoms with E-state index in [1.54, 1.807) is 0 Å². The van der Waals surface area contributed by atoms with Crippen LogP contribution >= 0.6 is 11.6 Å². The summed E-state index contributed by atoms with van der Waals surface area (Å²) in [4.78, 5) is 12.4. The third-order valence-electron chi connectivity index (χ3n) is 4.43. The zero-order chi connectivity index (χ0) is 15.8. The van der Waals surface area contributed by atoms with E-state index in [0.29, 0.717) is 11.4 Å². The molecule has 3 aromatic rings. The SMILES string of the molecule is O=C(Cc1ccc(Cl)cc1)Nc1ccc2c3c(cccc13)CC2. The number of hydrogen-bond donors (Lipinski definition) is 1. The van der Waals surface area contributed by atoms with Gasteiger partial charge in [0.2, 0.25) is 5.91 Å². The second-order valence-corrected chi connectivity index (χ2v) is 6.40. The predicted molar refractivity (Wildman–Crippen MR) is 95.1 cm³/mol. The first kappa shape index (κ1) is 14.3. The van der Waals surface area contributed by atoms with Crippen LogP contribution in [0.15, 0.2) is 54.6 Å². The second-order valence-electron chi connectivity index (χ2n) is 5.96. The molecule has 0 aromatic heterocycles. The lowest BCUT2D eigenvalue weighted by Crippen LogP contribution is -2.14. The lowest BCUT2D eigenvalue weighted by Gasteiger charge is -2.11. The topological polar surface area (TPSA) is 29.1 Å². The quantitative estimate of drug-likeness (QED) is 0.739. The number of amides is 1. The number of carbonyl (C=O) groups is 1. The van der Waals surface area contributed by atoms with Crippen LogP contribution in [0.1, 0.15) is 16.7 Å². The van der Waals surface area contributed by atoms with Crippen molar-refractivity contribution >= 4 is 34.0 Å². The standard InChI is InChI=1S/C20H16ClNO/c21-16-9-4-13(5-10-16)12-19(23)22-18-11-8-15-7-6-14-2-1-3-17(18)20(14)15/h1-5,8-11H,6-7,12H2,(H,22,23). The third-order valence-corrected chi connectivity index (χ3v) is 4.68. The molecule has 1 aliphatic rings. The molecule has 0 fully saturated rings. The molecule has 0 spiro atoms. The Hall–Kier alpha value is -2.32. The summed E-state index contributed by atoms with van der Waals surface area (Å²) in [7, 11) is 0. The van der Waals surface area contributed by atoms with E-state index in [0.717, 1.165) is 29.5 Å². The van der Waals surface area contributed by atoms with E-state index in [9.17, 15) is 4.79 Å². The second kappa shape index (κ2) is 5.71. The van der Waals surface area contributed by atoms with E-state index in [4.69, 9.17) is 11.6 Å². The van der Waals surface area contributed by atoms with Gasteiger partial charge in [0.15, 0.2) is 0 Å². The van der Waals surface area contributed by atoms with Gasteiger partial charge >= 0.3 is 0 Å². The highest BCUT2D eigenvalue weighted by Crippen LogP contribution is 2.35. The van der Waals surface area contributed by atoms with Crippen LogP contribution in [0, 0.1) is 0 Å². The summed E-state index contributed by atoms with van der Waals surface area (Å²) in [6.07, 6.45) is 2.53. The minimum atomic E-state index is -0.00831. The van der Waals surface area contributed by atoms with E-state index >= 15 is 0 Å². The highest BCUT2D eigenvalue weighted by Gasteiger charge is 2.16. The predicted octanol–water partition coefficient (Wildman–Crippen LogP) is 4.77. The van der Waals surface area contributed by atoms with E-state index < -0.39 is 0 Å². The van der Waals surface area contributed by atoms with Crippen molar-refractivity contribution in [3.8, 4) is 0 Å². The van der Waals surface area contributed by atoms with Crippen molar-refractivity contribution in [3.05, 3.63) is 76.3 Å². The summed E-state index contributed by atoms with van der Waals surface area (Å²) in [6, 6.07) is 17.9. The molecule has 0 aliphatic heterocycles. The first-order chi connectivity index (χ1) is 11.2. The molecule has 1 N–H and O–H groups in total. The van der Waals surface area contributed by atoms with Gasteiger partial charge in [0.05, 0.1) is 6.42 Å². The average Bonchev–Trinajstić information content (AvgIpc) is 2.97. The van der Waals surface area contributed by atoms with Gasteiger partial charge in [0.25, 0.3) is 0 Å². The molecule has 3 heteroatoms. The van der Waals surface area contributed by atoms with Crippen molar-refractivity contribution in [1.29, 1.82) is 0 Å². The number of rotatable bonds is 3. The molecule has 1 aliphatic carbocycles. The van der Waals surface area contributed by atoms with Gasteiger partial charge in [-0.1, -0.05) is 48.0 Å². The Bertz CT molecular complexity index is 889. The lowest BCUT2D eigenvalue weighted by molar-refractivity contribution is -0.115. The zero-order valence-corrected chi connectivity index (χ0v) is 13.4. The highest BCUT2D eigenvalue weighted by atomic mass is 35.5. The minimum Gasteiger partial charge on any atom is -0.325 e. The highest BCUT2D eigenvalue weighted by molar-refractivity contribution is 6.30. The maximum Gasteiger partial charge on any atom is 0.228 e. The number of benzene rings is 3. The fraction of sp³-hybridized carbons (Fsp3) is 0.150. The Morgan fingerprint density at radius 1 is 0.957 bits per heavy atom. The summed E-state index contributed by atoms with van der Waals surface area (Å²) in [5.74, 6) is -0.00831. The molecule has 0 saturated carbocycles. The fourth-order valence-electron chi connectivity index (χ4n) is 3.34. The summed E-state index contributed by atoms with van der Waals surface area (Å²) in [5.41, 5.74) is 4.61. The van der Waals surface area contributed by atoms with Crippen LogP contribution in [0.3, 0.4) is 0 Å². The number of anilines is 1. The Kier molecular flexibility index (Phi) is 3.55. The molecule has 4 rings (SSSR count). The van der Waals surface area contributed by atoms with Gasteiger partial charge in [-0.05, 0) is 53.1 Å². The molecule has 0 bridgehead atoms. The van der Waals surface area contributed by atoms with Gasteiger partial charge in [-0.25, -0.2) is 0 Å². The molecular weight excluding hydrogens is 306 g/mol. The van der Waals surface area contributed by atoms with Crippen LogP contribution in [0.2, 0.25) is 5.02 Å². The first-order valence-corrected chi connectivity index (χ1v) is 8.16. The van der Waals surface area contributed by atoms with Crippen LogP contribution in [-0.2, 0) is 24.1 Å². The number of nitrogens with one attached hydrogen (secondary N) is 1. The molecule has 0 heterocycles. The minimum absolute atomic E-state index is 0.00831. The summed E-state index contributed by atoms with van der Waals surface area (Å²) in [6.45, 7) is 0. The summed E-state index contributed by atoms with van der Waals surface area (Å²) >= 11 is 5.88. The van der Waals surface area contributed by atoms with Crippen molar-refractivity contribution in [1.82, 2.24) is 0 Å². The van der Waals surface area contributed by atoms with Crippen LogP contribution in [0.5, 0.6) is 0 Å². The van der Waals surface area contributed by atoms with Gasteiger partial charge in [-0.15, -0.1) is 0 Å². The molecule has 3 aromatic carbocycles. The van der Waals surface area contributed by atoms with Crippen molar-refractivity contribution in [2.75, 3.05) is 5.32 Å². The van der Waals surface area contributed by atoms with E-state index in [1.807, 2.05) is 30.3 Å². The molecule has 23 heavy (non-hydrogen) atoms. The van der Waals surface area contributed by atoms with Crippen molar-refractivity contribution < 1.29 is 4.79 Å². The lowest BCUT2D eigenvalue weighted by atomic mass is 10.0. The van der Waals surface area contributed by atoms with Gasteiger partial charge in [0, 0.05) is 16.1 Å². The van der Waals surface area contributed by atoms with Crippen molar-refractivity contribution in [2.24, 2.45) is 0 Å². The van der Waals surface area contributed by atoms with Crippen LogP contribution in [0.25, 0.3) is 10.8 Å². The van der Waals surface area contributed by atoms with Crippen molar-refractivity contribution in [2.45, 2.75) is 19.3 Å². The molecule has 114 valence electrons. The Morgan fingerprint density at radius 2 is 1.70 bits per heavy atom. The van der Waals surface area contributed by atoms with Gasteiger partial charge in [-0.2, -0.15) is 0 Å². The number of aryl methyl sites for hydroxylation is 2. The van der Waals surface area contributed by atoms with E-state index in [2.05, 4.69) is 29.6 Å². The van der Waals surface area contributed by atoms with Crippen LogP contribution < -0.4 is 5.32 Å². The Morgan fingerprint density at radius 3 is 2.48 bits per heavy atom. The first-order valence-electron chi connectivity index (χ1n) is 7.78. The average molecular weight is 322 g/mol. The van der Waals surface area contributed by atoms with Gasteiger partial charge in [-0.3, -0.25) is 4.79 Å². The molecule has 0 saturated heterocycles. The van der Waals surface area contributed by atoms with E-state index in [-0.39, 0.29) is 5.91 Å². The number of carbonyl (C=O) groups excluding carboxylic acids is 1. The summed E-state index contributed by atoms with van der Waals surface area (Å²) < 4.78 is 0. The van der Waals surface area contributed by atoms with Crippen LogP contribution in [-0.4, -0.2) is 5.91 Å². The molecular formula is C20H16ClNO. The molecule has 0 radical (unpaired) electrons. The Balaban J connectivity index is 1.61. The smallest absolute Gasteiger partial charge is 0.228 e. The maximum absolute atomic E-state index is 12.4. The van der Waals surface area contributed by atoms with E-state index in [1.165, 1.54) is 16.5 Å². The van der Waals surface area contributed by atoms with Gasteiger partial charge in [0.1, 0.15) is 0 Å². The van der Waals surface area contributed by atoms with Crippen LogP contribution in [0.4, 0.5) is 5.69 Å². The molecule has 1 amide bonds. The molecule has 0 atom stereocenters.